The molecule has 0 aliphatic carbocycles. The zero-order valence-corrected chi connectivity index (χ0v) is 19.4. The fourth-order valence-electron chi connectivity index (χ4n) is 4.10. The molecule has 4 rings (SSSR count). The molecule has 1 aliphatic rings. The van der Waals surface area contributed by atoms with Gasteiger partial charge in [0, 0.05) is 31.1 Å². The van der Waals surface area contributed by atoms with E-state index in [0.717, 1.165) is 42.8 Å². The molecule has 1 aliphatic heterocycles. The van der Waals surface area contributed by atoms with Crippen LogP contribution in [0.15, 0.2) is 48.5 Å². The molecule has 0 saturated carbocycles. The molecule has 1 N–H and O–H groups in total. The van der Waals surface area contributed by atoms with Gasteiger partial charge in [0.15, 0.2) is 6.61 Å². The van der Waals surface area contributed by atoms with Crippen LogP contribution >= 0.6 is 11.6 Å². The number of hydrogen-bond acceptors (Lipinski definition) is 4. The van der Waals surface area contributed by atoms with Crippen LogP contribution in [0.2, 0.25) is 5.02 Å². The number of carbonyl (C=O) groups is 2. The molecule has 0 bridgehead atoms. The standard InChI is InChI=1S/C25H29ClN4O3/c26-19-9-11-20(12-10-19)33-18-24(31)27-17-23-28-21-7-3-4-8-22(21)30(23)16-13-25(32)29-14-5-1-2-6-15-29/h3-4,7-12H,1-2,5-6,13-18H2,(H,27,31). The lowest BCUT2D eigenvalue weighted by Gasteiger charge is -2.20. The summed E-state index contributed by atoms with van der Waals surface area (Å²) in [5, 5.41) is 3.48. The van der Waals surface area contributed by atoms with Gasteiger partial charge in [-0.25, -0.2) is 4.98 Å². The van der Waals surface area contributed by atoms with E-state index in [0.29, 0.717) is 23.7 Å². The van der Waals surface area contributed by atoms with Crippen LogP contribution in [-0.2, 0) is 22.7 Å². The Kier molecular flexibility index (Phi) is 7.83. The number of amides is 2. The first-order valence-corrected chi connectivity index (χ1v) is 11.8. The lowest BCUT2D eigenvalue weighted by molar-refractivity contribution is -0.131. The number of para-hydroxylation sites is 2. The number of hydrogen-bond donors (Lipinski definition) is 1. The number of nitrogens with zero attached hydrogens (tertiary/aromatic N) is 3. The average Bonchev–Trinajstić information content (AvgIpc) is 2.98. The highest BCUT2D eigenvalue weighted by Gasteiger charge is 2.17. The van der Waals surface area contributed by atoms with E-state index in [1.54, 1.807) is 24.3 Å². The molecule has 0 unspecified atom stereocenters. The number of nitrogens with one attached hydrogen (secondary N) is 1. The zero-order chi connectivity index (χ0) is 23.0. The Bertz CT molecular complexity index is 1090. The molecule has 174 valence electrons. The predicted molar refractivity (Wildman–Crippen MR) is 128 cm³/mol. The van der Waals surface area contributed by atoms with Crippen molar-refractivity contribution in [2.24, 2.45) is 0 Å². The Morgan fingerprint density at radius 1 is 1.00 bits per heavy atom. The third-order valence-corrected chi connectivity index (χ3v) is 6.12. The van der Waals surface area contributed by atoms with Crippen LogP contribution in [-0.4, -0.2) is 46.0 Å². The van der Waals surface area contributed by atoms with Crippen LogP contribution < -0.4 is 10.1 Å². The van der Waals surface area contributed by atoms with Crippen molar-refractivity contribution in [3.05, 3.63) is 59.4 Å². The van der Waals surface area contributed by atoms with E-state index in [1.165, 1.54) is 12.8 Å². The summed E-state index contributed by atoms with van der Waals surface area (Å²) in [6.07, 6.45) is 4.97. The SMILES string of the molecule is O=C(COc1ccc(Cl)cc1)NCc1nc2ccccc2n1CCC(=O)N1CCCCCC1. The summed E-state index contributed by atoms with van der Waals surface area (Å²) in [7, 11) is 0. The number of benzene rings is 2. The number of aromatic nitrogens is 2. The minimum absolute atomic E-state index is 0.102. The Morgan fingerprint density at radius 3 is 2.48 bits per heavy atom. The van der Waals surface area contributed by atoms with Gasteiger partial charge in [0.1, 0.15) is 11.6 Å². The zero-order valence-electron chi connectivity index (χ0n) is 18.6. The van der Waals surface area contributed by atoms with Crippen LogP contribution in [0.25, 0.3) is 11.0 Å². The van der Waals surface area contributed by atoms with Crippen molar-refractivity contribution < 1.29 is 14.3 Å². The van der Waals surface area contributed by atoms with Crippen molar-refractivity contribution in [3.8, 4) is 5.75 Å². The Hall–Kier alpha value is -3.06. The molecule has 33 heavy (non-hydrogen) atoms. The minimum atomic E-state index is -0.246. The minimum Gasteiger partial charge on any atom is -0.484 e. The summed E-state index contributed by atoms with van der Waals surface area (Å²) in [6.45, 7) is 2.38. The van der Waals surface area contributed by atoms with Crippen LogP contribution in [0.5, 0.6) is 5.75 Å². The van der Waals surface area contributed by atoms with Gasteiger partial charge in [-0.2, -0.15) is 0 Å². The van der Waals surface area contributed by atoms with E-state index in [9.17, 15) is 9.59 Å². The Morgan fingerprint density at radius 2 is 1.73 bits per heavy atom. The number of ether oxygens (including phenoxy) is 1. The molecule has 1 aromatic heterocycles. The maximum Gasteiger partial charge on any atom is 0.258 e. The molecule has 0 spiro atoms. The quantitative estimate of drug-likeness (QED) is 0.538. The third-order valence-electron chi connectivity index (χ3n) is 5.87. The van der Waals surface area contributed by atoms with Gasteiger partial charge in [-0.3, -0.25) is 9.59 Å². The van der Waals surface area contributed by atoms with Crippen LogP contribution in [0, 0.1) is 0 Å². The van der Waals surface area contributed by atoms with Crippen LogP contribution in [0.1, 0.15) is 37.9 Å². The summed E-state index contributed by atoms with van der Waals surface area (Å²) in [5.41, 5.74) is 1.81. The fraction of sp³-hybridized carbons (Fsp3) is 0.400. The van der Waals surface area contributed by atoms with Crippen molar-refractivity contribution in [1.29, 1.82) is 0 Å². The number of halogens is 1. The molecule has 1 saturated heterocycles. The summed E-state index contributed by atoms with van der Waals surface area (Å²) in [4.78, 5) is 31.8. The van der Waals surface area contributed by atoms with Gasteiger partial charge in [0.05, 0.1) is 17.6 Å². The van der Waals surface area contributed by atoms with E-state index in [1.807, 2.05) is 33.7 Å². The second-order valence-electron chi connectivity index (χ2n) is 8.23. The van der Waals surface area contributed by atoms with E-state index in [4.69, 9.17) is 16.3 Å². The number of likely N-dealkylation sites (tertiary alicyclic amines) is 1. The first-order valence-electron chi connectivity index (χ1n) is 11.5. The van der Waals surface area contributed by atoms with Crippen LogP contribution in [0.3, 0.4) is 0 Å². The first-order chi connectivity index (χ1) is 16.1. The Balaban J connectivity index is 1.37. The second kappa shape index (κ2) is 11.2. The van der Waals surface area contributed by atoms with Gasteiger partial charge in [-0.1, -0.05) is 36.6 Å². The highest BCUT2D eigenvalue weighted by Crippen LogP contribution is 2.18. The summed E-state index contributed by atoms with van der Waals surface area (Å²) < 4.78 is 7.54. The fourth-order valence-corrected chi connectivity index (χ4v) is 4.23. The highest BCUT2D eigenvalue weighted by atomic mass is 35.5. The number of carbonyl (C=O) groups excluding carboxylic acids is 2. The average molecular weight is 469 g/mol. The first kappa shape index (κ1) is 23.1. The van der Waals surface area contributed by atoms with Crippen molar-refractivity contribution in [3.63, 3.8) is 0 Å². The van der Waals surface area contributed by atoms with Crippen LogP contribution in [0.4, 0.5) is 0 Å². The molecule has 3 aromatic rings. The van der Waals surface area contributed by atoms with E-state index in [-0.39, 0.29) is 25.0 Å². The molecule has 2 heterocycles. The van der Waals surface area contributed by atoms with Gasteiger partial charge in [0.2, 0.25) is 5.91 Å². The molecule has 8 heteroatoms. The van der Waals surface area contributed by atoms with Gasteiger partial charge >= 0.3 is 0 Å². The normalized spacial score (nSPS) is 14.2. The van der Waals surface area contributed by atoms with E-state index >= 15 is 0 Å². The number of imidazole rings is 1. The van der Waals surface area contributed by atoms with Crippen molar-refractivity contribution in [2.75, 3.05) is 19.7 Å². The predicted octanol–water partition coefficient (Wildman–Crippen LogP) is 4.18. The Labute approximate surface area is 198 Å². The summed E-state index contributed by atoms with van der Waals surface area (Å²) in [5.74, 6) is 1.23. The highest BCUT2D eigenvalue weighted by molar-refractivity contribution is 6.30. The van der Waals surface area contributed by atoms with Gasteiger partial charge in [-0.05, 0) is 49.2 Å². The van der Waals surface area contributed by atoms with Gasteiger partial charge in [-0.15, -0.1) is 0 Å². The lowest BCUT2D eigenvalue weighted by Crippen LogP contribution is -2.33. The molecular formula is C25H29ClN4O3. The topological polar surface area (TPSA) is 76.5 Å². The molecule has 0 radical (unpaired) electrons. The summed E-state index contributed by atoms with van der Waals surface area (Å²) >= 11 is 5.87. The van der Waals surface area contributed by atoms with E-state index in [2.05, 4.69) is 10.3 Å². The van der Waals surface area contributed by atoms with Gasteiger partial charge < -0.3 is 19.5 Å². The molecular weight excluding hydrogens is 440 g/mol. The molecule has 7 nitrogen and oxygen atoms in total. The van der Waals surface area contributed by atoms with Crippen molar-refractivity contribution in [2.45, 2.75) is 45.2 Å². The molecule has 2 amide bonds. The number of fused-ring (bicyclic) bond motifs is 1. The summed E-state index contributed by atoms with van der Waals surface area (Å²) in [6, 6.07) is 14.7. The van der Waals surface area contributed by atoms with E-state index < -0.39 is 0 Å². The maximum atomic E-state index is 12.8. The largest absolute Gasteiger partial charge is 0.484 e. The van der Waals surface area contributed by atoms with Gasteiger partial charge in [0.25, 0.3) is 5.91 Å². The molecule has 0 atom stereocenters. The monoisotopic (exact) mass is 468 g/mol. The molecule has 2 aromatic carbocycles. The lowest BCUT2D eigenvalue weighted by atomic mass is 10.2. The smallest absolute Gasteiger partial charge is 0.258 e. The third kappa shape index (κ3) is 6.26. The second-order valence-corrected chi connectivity index (χ2v) is 8.67. The maximum absolute atomic E-state index is 12.8. The molecule has 1 fully saturated rings. The van der Waals surface area contributed by atoms with Crippen molar-refractivity contribution >= 4 is 34.4 Å². The number of rotatable bonds is 8. The number of aryl methyl sites for hydroxylation is 1. The van der Waals surface area contributed by atoms with Crippen molar-refractivity contribution in [1.82, 2.24) is 19.8 Å².